The zero-order valence-electron chi connectivity index (χ0n) is 14.3. The molecule has 3 rings (SSSR count). The number of carbonyl (C=O) groups excluding carboxylic acids is 2. The van der Waals surface area contributed by atoms with Crippen LogP contribution in [0, 0.1) is 5.41 Å². The van der Waals surface area contributed by atoms with Crippen molar-refractivity contribution in [2.24, 2.45) is 5.41 Å². The lowest BCUT2D eigenvalue weighted by molar-refractivity contribution is -0.153. The molecule has 134 valence electrons. The second-order valence-electron chi connectivity index (χ2n) is 6.90. The lowest BCUT2D eigenvalue weighted by Gasteiger charge is -2.24. The molecule has 1 aromatic carbocycles. The summed E-state index contributed by atoms with van der Waals surface area (Å²) in [6.07, 6.45) is 2.71. The topological polar surface area (TPSA) is 77.9 Å². The molecule has 2 amide bonds. The van der Waals surface area contributed by atoms with Gasteiger partial charge in [-0.15, -0.1) is 0 Å². The van der Waals surface area contributed by atoms with Gasteiger partial charge in [-0.1, -0.05) is 30.3 Å². The Morgan fingerprint density at radius 1 is 0.960 bits per heavy atom. The number of amides is 2. The van der Waals surface area contributed by atoms with Gasteiger partial charge in [0.05, 0.1) is 0 Å². The Labute approximate surface area is 147 Å². The monoisotopic (exact) mass is 344 g/mol. The van der Waals surface area contributed by atoms with E-state index < -0.39 is 11.4 Å². The third-order valence-corrected chi connectivity index (χ3v) is 5.17. The Morgan fingerprint density at radius 3 is 2.24 bits per heavy atom. The number of rotatable bonds is 5. The van der Waals surface area contributed by atoms with Crippen molar-refractivity contribution in [1.29, 1.82) is 0 Å². The van der Waals surface area contributed by atoms with Crippen LogP contribution in [0.5, 0.6) is 0 Å². The highest BCUT2D eigenvalue weighted by atomic mass is 16.4. The number of carbonyl (C=O) groups is 3. The summed E-state index contributed by atoms with van der Waals surface area (Å²) in [6, 6.07) is 9.90. The number of hydrogen-bond donors (Lipinski definition) is 1. The molecule has 0 aromatic heterocycles. The predicted molar refractivity (Wildman–Crippen MR) is 91.8 cm³/mol. The van der Waals surface area contributed by atoms with Gasteiger partial charge >= 0.3 is 5.97 Å². The lowest BCUT2D eigenvalue weighted by atomic mass is 10.1. The number of benzene rings is 1. The summed E-state index contributed by atoms with van der Waals surface area (Å²) in [6.45, 7) is 2.05. The van der Waals surface area contributed by atoms with E-state index in [1.165, 1.54) is 0 Å². The van der Waals surface area contributed by atoms with Crippen molar-refractivity contribution in [3.63, 3.8) is 0 Å². The summed E-state index contributed by atoms with van der Waals surface area (Å²) in [5, 5.41) is 9.28. The van der Waals surface area contributed by atoms with E-state index in [-0.39, 0.29) is 11.8 Å². The second-order valence-corrected chi connectivity index (χ2v) is 6.90. The molecule has 6 heteroatoms. The zero-order chi connectivity index (χ0) is 17.9. The van der Waals surface area contributed by atoms with E-state index in [1.54, 1.807) is 9.80 Å². The van der Waals surface area contributed by atoms with Crippen molar-refractivity contribution in [2.45, 2.75) is 32.1 Å². The predicted octanol–water partition coefficient (Wildman–Crippen LogP) is 1.54. The molecule has 1 aliphatic heterocycles. The summed E-state index contributed by atoms with van der Waals surface area (Å²) in [7, 11) is 0. The third kappa shape index (κ3) is 3.83. The van der Waals surface area contributed by atoms with Gasteiger partial charge in [-0.25, -0.2) is 0 Å². The standard InChI is InChI=1S/C19H24N2O4/c22-16(8-7-15-5-2-1-3-6-15)20-11-4-12-21(14-13-20)17(23)19(9-10-19)18(24)25/h1-3,5-6H,4,7-14H2,(H,24,25). The summed E-state index contributed by atoms with van der Waals surface area (Å²) in [5.74, 6) is -1.20. The fourth-order valence-electron chi connectivity index (χ4n) is 3.37. The summed E-state index contributed by atoms with van der Waals surface area (Å²) in [5.41, 5.74) is -0.0495. The van der Waals surface area contributed by atoms with E-state index >= 15 is 0 Å². The van der Waals surface area contributed by atoms with E-state index in [0.717, 1.165) is 5.56 Å². The van der Waals surface area contributed by atoms with Gasteiger partial charge in [-0.2, -0.15) is 0 Å². The second kappa shape index (κ2) is 7.25. The largest absolute Gasteiger partial charge is 0.480 e. The molecule has 6 nitrogen and oxygen atoms in total. The molecule has 0 spiro atoms. The van der Waals surface area contributed by atoms with Crippen molar-refractivity contribution >= 4 is 17.8 Å². The van der Waals surface area contributed by atoms with Crippen LogP contribution < -0.4 is 0 Å². The number of aliphatic carboxylic acids is 1. The minimum Gasteiger partial charge on any atom is -0.480 e. The molecule has 1 N–H and O–H groups in total. The van der Waals surface area contributed by atoms with Crippen LogP contribution in [0.3, 0.4) is 0 Å². The normalized spacial score (nSPS) is 19.2. The molecule has 1 saturated heterocycles. The summed E-state index contributed by atoms with van der Waals surface area (Å²) < 4.78 is 0. The molecule has 0 bridgehead atoms. The highest BCUT2D eigenvalue weighted by Gasteiger charge is 2.58. The van der Waals surface area contributed by atoms with Gasteiger partial charge in [0.2, 0.25) is 11.8 Å². The molecule has 1 heterocycles. The van der Waals surface area contributed by atoms with E-state index in [1.807, 2.05) is 30.3 Å². The number of nitrogens with zero attached hydrogens (tertiary/aromatic N) is 2. The molecule has 0 atom stereocenters. The molecule has 1 saturated carbocycles. The lowest BCUT2D eigenvalue weighted by Crippen LogP contribution is -2.43. The van der Waals surface area contributed by atoms with Crippen molar-refractivity contribution in [3.8, 4) is 0 Å². The Hall–Kier alpha value is -2.37. The Bertz CT molecular complexity index is 655. The molecular weight excluding hydrogens is 320 g/mol. The molecule has 0 radical (unpaired) electrons. The van der Waals surface area contributed by atoms with Gasteiger partial charge in [-0.05, 0) is 31.2 Å². The van der Waals surface area contributed by atoms with Gasteiger partial charge < -0.3 is 14.9 Å². The van der Waals surface area contributed by atoms with Crippen LogP contribution in [-0.2, 0) is 20.8 Å². The van der Waals surface area contributed by atoms with E-state index in [4.69, 9.17) is 0 Å². The molecule has 2 fully saturated rings. The van der Waals surface area contributed by atoms with Gasteiger partial charge in [0.1, 0.15) is 5.41 Å². The van der Waals surface area contributed by atoms with Crippen molar-refractivity contribution in [1.82, 2.24) is 9.80 Å². The quantitative estimate of drug-likeness (QED) is 0.822. The van der Waals surface area contributed by atoms with Crippen LogP contribution in [0.15, 0.2) is 30.3 Å². The Morgan fingerprint density at radius 2 is 1.60 bits per heavy atom. The summed E-state index contributed by atoms with van der Waals surface area (Å²) in [4.78, 5) is 39.7. The molecule has 25 heavy (non-hydrogen) atoms. The van der Waals surface area contributed by atoms with Gasteiger partial charge in [0.15, 0.2) is 0 Å². The SMILES string of the molecule is O=C(CCc1ccccc1)N1CCCN(C(=O)C2(C(=O)O)CC2)CC1. The van der Waals surface area contributed by atoms with Crippen molar-refractivity contribution < 1.29 is 19.5 Å². The molecule has 0 unspecified atom stereocenters. The third-order valence-electron chi connectivity index (χ3n) is 5.17. The first-order chi connectivity index (χ1) is 12.0. The number of hydrogen-bond acceptors (Lipinski definition) is 3. The van der Waals surface area contributed by atoms with Gasteiger partial charge in [0, 0.05) is 32.6 Å². The molecule has 1 aromatic rings. The first-order valence-electron chi connectivity index (χ1n) is 8.87. The zero-order valence-corrected chi connectivity index (χ0v) is 14.3. The first-order valence-corrected chi connectivity index (χ1v) is 8.87. The smallest absolute Gasteiger partial charge is 0.319 e. The van der Waals surface area contributed by atoms with Crippen molar-refractivity contribution in [3.05, 3.63) is 35.9 Å². The van der Waals surface area contributed by atoms with Crippen LogP contribution >= 0.6 is 0 Å². The minimum atomic E-state index is -1.19. The Balaban J connectivity index is 1.52. The maximum atomic E-state index is 12.5. The van der Waals surface area contributed by atoms with Crippen LogP contribution in [0.1, 0.15) is 31.2 Å². The van der Waals surface area contributed by atoms with Gasteiger partial charge in [0.25, 0.3) is 0 Å². The number of carboxylic acids is 1. The van der Waals surface area contributed by atoms with E-state index in [2.05, 4.69) is 0 Å². The molecule has 2 aliphatic rings. The van der Waals surface area contributed by atoms with E-state index in [0.29, 0.717) is 58.3 Å². The van der Waals surface area contributed by atoms with Crippen LogP contribution in [0.25, 0.3) is 0 Å². The first kappa shape index (κ1) is 17.5. The van der Waals surface area contributed by atoms with E-state index in [9.17, 15) is 19.5 Å². The average molecular weight is 344 g/mol. The number of carboxylic acid groups (broad SMARTS) is 1. The molecule has 1 aliphatic carbocycles. The average Bonchev–Trinajstić information content (AvgIpc) is 3.44. The molecular formula is C19H24N2O4. The van der Waals surface area contributed by atoms with Crippen LogP contribution in [-0.4, -0.2) is 58.9 Å². The van der Waals surface area contributed by atoms with Gasteiger partial charge in [-0.3, -0.25) is 14.4 Å². The fraction of sp³-hybridized carbons (Fsp3) is 0.526. The Kier molecular flexibility index (Phi) is 5.06. The van der Waals surface area contributed by atoms with Crippen LogP contribution in [0.2, 0.25) is 0 Å². The maximum Gasteiger partial charge on any atom is 0.319 e. The highest BCUT2D eigenvalue weighted by molar-refractivity contribution is 6.04. The fourth-order valence-corrected chi connectivity index (χ4v) is 3.37. The maximum absolute atomic E-state index is 12.5. The number of aryl methyl sites for hydroxylation is 1. The van der Waals surface area contributed by atoms with Crippen LogP contribution in [0.4, 0.5) is 0 Å². The van der Waals surface area contributed by atoms with Crippen molar-refractivity contribution in [2.75, 3.05) is 26.2 Å². The minimum absolute atomic E-state index is 0.0949. The highest BCUT2D eigenvalue weighted by Crippen LogP contribution is 2.47. The summed E-state index contributed by atoms with van der Waals surface area (Å²) >= 11 is 0.